The van der Waals surface area contributed by atoms with Gasteiger partial charge in [0, 0.05) is 30.4 Å². The average molecular weight is 318 g/mol. The van der Waals surface area contributed by atoms with E-state index in [0.29, 0.717) is 17.1 Å². The van der Waals surface area contributed by atoms with E-state index in [4.69, 9.17) is 16.3 Å². The zero-order valence-electron chi connectivity index (χ0n) is 12.2. The van der Waals surface area contributed by atoms with Crippen molar-refractivity contribution in [3.63, 3.8) is 0 Å². The van der Waals surface area contributed by atoms with Crippen LogP contribution in [0.15, 0.2) is 36.2 Å². The molecule has 1 aromatic heterocycles. The van der Waals surface area contributed by atoms with Gasteiger partial charge in [0.05, 0.1) is 11.8 Å². The van der Waals surface area contributed by atoms with Gasteiger partial charge in [-0.1, -0.05) is 11.6 Å². The van der Waals surface area contributed by atoms with Gasteiger partial charge in [-0.3, -0.25) is 9.48 Å². The zero-order chi connectivity index (χ0) is 15.5. The van der Waals surface area contributed by atoms with Crippen LogP contribution in [0.5, 0.6) is 5.75 Å². The third-order valence-electron chi connectivity index (χ3n) is 3.43. The molecule has 22 heavy (non-hydrogen) atoms. The third kappa shape index (κ3) is 3.31. The highest BCUT2D eigenvalue weighted by Crippen LogP contribution is 2.28. The SMILES string of the molecule is Cn1cc(CCNC(=O)C2=Cc3cc(Cl)ccc3OC2)cn1. The summed E-state index contributed by atoms with van der Waals surface area (Å²) in [5.74, 6) is 0.630. The number of nitrogens with one attached hydrogen (secondary N) is 1. The molecule has 0 radical (unpaired) electrons. The quantitative estimate of drug-likeness (QED) is 0.940. The van der Waals surface area contributed by atoms with Crippen LogP contribution in [-0.2, 0) is 18.3 Å². The predicted octanol–water partition coefficient (Wildman–Crippen LogP) is 2.21. The second-order valence-corrected chi connectivity index (χ2v) is 5.60. The lowest BCUT2D eigenvalue weighted by Crippen LogP contribution is -2.30. The van der Waals surface area contributed by atoms with Gasteiger partial charge in [-0.25, -0.2) is 0 Å². The summed E-state index contributed by atoms with van der Waals surface area (Å²) in [5.41, 5.74) is 2.52. The molecule has 6 heteroatoms. The fourth-order valence-electron chi connectivity index (χ4n) is 2.31. The summed E-state index contributed by atoms with van der Waals surface area (Å²) in [5, 5.41) is 7.62. The molecule has 3 rings (SSSR count). The van der Waals surface area contributed by atoms with Gasteiger partial charge in [0.1, 0.15) is 12.4 Å². The molecule has 0 aliphatic carbocycles. The Hall–Kier alpha value is -2.27. The van der Waals surface area contributed by atoms with Crippen molar-refractivity contribution in [3.8, 4) is 5.75 Å². The molecular formula is C16H16ClN3O2. The first-order valence-corrected chi connectivity index (χ1v) is 7.38. The Bertz CT molecular complexity index is 737. The summed E-state index contributed by atoms with van der Waals surface area (Å²) in [7, 11) is 1.87. The van der Waals surface area contributed by atoms with E-state index in [-0.39, 0.29) is 12.5 Å². The lowest BCUT2D eigenvalue weighted by atomic mass is 10.1. The topological polar surface area (TPSA) is 56.2 Å². The first kappa shape index (κ1) is 14.7. The number of carbonyl (C=O) groups is 1. The third-order valence-corrected chi connectivity index (χ3v) is 3.67. The minimum absolute atomic E-state index is 0.116. The lowest BCUT2D eigenvalue weighted by Gasteiger charge is -2.17. The number of ether oxygens (including phenoxy) is 1. The van der Waals surface area contributed by atoms with E-state index in [1.54, 1.807) is 23.0 Å². The van der Waals surface area contributed by atoms with Crippen molar-refractivity contribution in [2.24, 2.45) is 7.05 Å². The zero-order valence-corrected chi connectivity index (χ0v) is 12.9. The van der Waals surface area contributed by atoms with Gasteiger partial charge in [0.15, 0.2) is 0 Å². The fourth-order valence-corrected chi connectivity index (χ4v) is 2.49. The van der Waals surface area contributed by atoms with Crippen molar-refractivity contribution < 1.29 is 9.53 Å². The number of rotatable bonds is 4. The molecule has 2 aromatic rings. The number of halogens is 1. The van der Waals surface area contributed by atoms with Gasteiger partial charge in [-0.05, 0) is 36.3 Å². The molecule has 0 unspecified atom stereocenters. The van der Waals surface area contributed by atoms with Crippen LogP contribution in [0.4, 0.5) is 0 Å². The van der Waals surface area contributed by atoms with Crippen molar-refractivity contribution >= 4 is 23.6 Å². The van der Waals surface area contributed by atoms with Crippen molar-refractivity contribution in [3.05, 3.63) is 52.3 Å². The Labute approximate surface area is 133 Å². The van der Waals surface area contributed by atoms with E-state index < -0.39 is 0 Å². The normalized spacial score (nSPS) is 13.1. The van der Waals surface area contributed by atoms with Crippen molar-refractivity contribution in [2.75, 3.05) is 13.2 Å². The summed E-state index contributed by atoms with van der Waals surface area (Å²) in [6.07, 6.45) is 6.31. The molecular weight excluding hydrogens is 302 g/mol. The maximum atomic E-state index is 12.2. The number of nitrogens with zero attached hydrogens (tertiary/aromatic N) is 2. The molecule has 0 saturated carbocycles. The van der Waals surface area contributed by atoms with Crippen LogP contribution in [0.3, 0.4) is 0 Å². The van der Waals surface area contributed by atoms with Crippen molar-refractivity contribution in [1.82, 2.24) is 15.1 Å². The molecule has 1 aromatic carbocycles. The van der Waals surface area contributed by atoms with Gasteiger partial charge in [0.2, 0.25) is 0 Å². The molecule has 5 nitrogen and oxygen atoms in total. The number of fused-ring (bicyclic) bond motifs is 1. The largest absolute Gasteiger partial charge is 0.488 e. The van der Waals surface area contributed by atoms with E-state index in [0.717, 1.165) is 23.3 Å². The lowest BCUT2D eigenvalue weighted by molar-refractivity contribution is -0.117. The molecule has 1 aliphatic rings. The maximum absolute atomic E-state index is 12.2. The molecule has 1 N–H and O–H groups in total. The first-order valence-electron chi connectivity index (χ1n) is 7.00. The van der Waals surface area contributed by atoms with Crippen LogP contribution < -0.4 is 10.1 Å². The van der Waals surface area contributed by atoms with Gasteiger partial charge in [0.25, 0.3) is 5.91 Å². The first-order chi connectivity index (χ1) is 10.6. The van der Waals surface area contributed by atoms with Crippen molar-refractivity contribution in [2.45, 2.75) is 6.42 Å². The Morgan fingerprint density at radius 2 is 2.36 bits per heavy atom. The van der Waals surface area contributed by atoms with E-state index in [1.165, 1.54) is 0 Å². The number of hydrogen-bond acceptors (Lipinski definition) is 3. The summed E-state index contributed by atoms with van der Waals surface area (Å²) in [6, 6.07) is 5.37. The highest BCUT2D eigenvalue weighted by Gasteiger charge is 2.17. The summed E-state index contributed by atoms with van der Waals surface area (Å²) in [4.78, 5) is 12.2. The minimum Gasteiger partial charge on any atom is -0.488 e. The van der Waals surface area contributed by atoms with Crippen LogP contribution in [-0.4, -0.2) is 28.8 Å². The Balaban J connectivity index is 1.60. The maximum Gasteiger partial charge on any atom is 0.250 e. The van der Waals surface area contributed by atoms with Crippen LogP contribution in [0.1, 0.15) is 11.1 Å². The number of hydrogen-bond donors (Lipinski definition) is 1. The van der Waals surface area contributed by atoms with E-state index in [1.807, 2.05) is 25.4 Å². The Kier molecular flexibility index (Phi) is 4.15. The van der Waals surface area contributed by atoms with Crippen molar-refractivity contribution in [1.29, 1.82) is 0 Å². The van der Waals surface area contributed by atoms with E-state index in [2.05, 4.69) is 10.4 Å². The molecule has 0 bridgehead atoms. The van der Waals surface area contributed by atoms with Gasteiger partial charge in [-0.2, -0.15) is 5.10 Å². The number of aromatic nitrogens is 2. The molecule has 1 amide bonds. The molecule has 114 valence electrons. The van der Waals surface area contributed by atoms with E-state index >= 15 is 0 Å². The molecule has 0 spiro atoms. The Morgan fingerprint density at radius 3 is 3.14 bits per heavy atom. The molecule has 2 heterocycles. The average Bonchev–Trinajstić information content (AvgIpc) is 2.92. The van der Waals surface area contributed by atoms with Crippen LogP contribution >= 0.6 is 11.6 Å². The smallest absolute Gasteiger partial charge is 0.250 e. The monoisotopic (exact) mass is 317 g/mol. The van der Waals surface area contributed by atoms with Gasteiger partial charge >= 0.3 is 0 Å². The van der Waals surface area contributed by atoms with Gasteiger partial charge < -0.3 is 10.1 Å². The van der Waals surface area contributed by atoms with Crippen LogP contribution in [0.2, 0.25) is 5.02 Å². The fraction of sp³-hybridized carbons (Fsp3) is 0.250. The highest BCUT2D eigenvalue weighted by molar-refractivity contribution is 6.30. The van der Waals surface area contributed by atoms with Gasteiger partial charge in [-0.15, -0.1) is 0 Å². The minimum atomic E-state index is -0.116. The second-order valence-electron chi connectivity index (χ2n) is 5.17. The van der Waals surface area contributed by atoms with Crippen LogP contribution in [0, 0.1) is 0 Å². The highest BCUT2D eigenvalue weighted by atomic mass is 35.5. The number of carbonyl (C=O) groups excluding carboxylic acids is 1. The summed E-state index contributed by atoms with van der Waals surface area (Å²) in [6.45, 7) is 0.831. The Morgan fingerprint density at radius 1 is 1.50 bits per heavy atom. The van der Waals surface area contributed by atoms with Crippen LogP contribution in [0.25, 0.3) is 6.08 Å². The summed E-state index contributed by atoms with van der Waals surface area (Å²) >= 11 is 5.96. The molecule has 1 aliphatic heterocycles. The second kappa shape index (κ2) is 6.23. The summed E-state index contributed by atoms with van der Waals surface area (Å²) < 4.78 is 7.32. The van der Waals surface area contributed by atoms with E-state index in [9.17, 15) is 4.79 Å². The number of benzene rings is 1. The standard InChI is InChI=1S/C16H16ClN3O2/c1-20-9-11(8-19-20)4-5-18-16(21)13-6-12-7-14(17)2-3-15(12)22-10-13/h2-3,6-9H,4-5,10H2,1H3,(H,18,21). The molecule has 0 saturated heterocycles. The predicted molar refractivity (Wildman–Crippen MR) is 84.8 cm³/mol. The molecule has 0 fully saturated rings. The number of aryl methyl sites for hydroxylation is 1. The molecule has 0 atom stereocenters. The number of amides is 1.